The van der Waals surface area contributed by atoms with Gasteiger partial charge < -0.3 is 14.2 Å². The van der Waals surface area contributed by atoms with Gasteiger partial charge in [0.25, 0.3) is 5.91 Å². The quantitative estimate of drug-likeness (QED) is 0.513. The van der Waals surface area contributed by atoms with Gasteiger partial charge in [0, 0.05) is 31.2 Å². The minimum Gasteiger partial charge on any atom is -0.459 e. The number of carbonyl (C=O) groups excluding carboxylic acids is 2. The summed E-state index contributed by atoms with van der Waals surface area (Å²) in [5.41, 5.74) is 1.88. The summed E-state index contributed by atoms with van der Waals surface area (Å²) in [6, 6.07) is 11.6. The molecule has 0 atom stereocenters. The topological polar surface area (TPSA) is 99.9 Å². The van der Waals surface area contributed by atoms with Gasteiger partial charge in [-0.25, -0.2) is 8.42 Å². The molecule has 2 amide bonds. The first kappa shape index (κ1) is 27.4. The first-order chi connectivity index (χ1) is 17.6. The maximum atomic E-state index is 13.4. The van der Waals surface area contributed by atoms with Gasteiger partial charge in [-0.3, -0.25) is 14.3 Å². The van der Waals surface area contributed by atoms with Crippen molar-refractivity contribution < 1.29 is 22.4 Å². The molecule has 9 heteroatoms. The molecule has 0 radical (unpaired) electrons. The molecule has 1 aliphatic carbocycles. The van der Waals surface area contributed by atoms with Crippen LogP contribution in [0.4, 0.5) is 5.69 Å². The molecule has 202 valence electrons. The summed E-state index contributed by atoms with van der Waals surface area (Å²) >= 11 is 0. The number of nitrogens with one attached hydrogen (secondary N) is 1. The highest BCUT2D eigenvalue weighted by Gasteiger charge is 2.36. The number of furan rings is 1. The fourth-order valence-corrected chi connectivity index (χ4v) is 6.40. The number of nitrogens with zero attached hydrogens (tertiary/aromatic N) is 2. The van der Waals surface area contributed by atoms with E-state index >= 15 is 0 Å². The molecule has 1 aliphatic heterocycles. The number of aryl methyl sites for hydroxylation is 1. The summed E-state index contributed by atoms with van der Waals surface area (Å²) in [7, 11) is -3.55. The van der Waals surface area contributed by atoms with Gasteiger partial charge in [0.1, 0.15) is 0 Å². The lowest BCUT2D eigenvalue weighted by atomic mass is 9.69. The molecule has 1 N–H and O–H groups in total. The van der Waals surface area contributed by atoms with Crippen molar-refractivity contribution in [3.63, 3.8) is 0 Å². The molecule has 0 unspecified atom stereocenters. The normalized spacial score (nSPS) is 18.9. The molecule has 1 saturated carbocycles. The molecular weight excluding hydrogens is 490 g/mol. The summed E-state index contributed by atoms with van der Waals surface area (Å²) in [4.78, 5) is 30.2. The number of hydrogen-bond donors (Lipinski definition) is 1. The molecule has 37 heavy (non-hydrogen) atoms. The van der Waals surface area contributed by atoms with Gasteiger partial charge in [-0.05, 0) is 75.3 Å². The molecule has 1 aromatic carbocycles. The van der Waals surface area contributed by atoms with E-state index in [1.807, 2.05) is 36.1 Å². The van der Waals surface area contributed by atoms with Gasteiger partial charge in [0.2, 0.25) is 15.9 Å². The number of piperidine rings is 1. The van der Waals surface area contributed by atoms with E-state index in [2.05, 4.69) is 9.62 Å². The summed E-state index contributed by atoms with van der Waals surface area (Å²) in [6.07, 6.45) is 10.6. The number of hydrogen-bond acceptors (Lipinski definition) is 6. The van der Waals surface area contributed by atoms with E-state index in [4.69, 9.17) is 4.42 Å². The Kier molecular flexibility index (Phi) is 8.75. The Morgan fingerprint density at radius 2 is 1.76 bits per heavy atom. The molecule has 1 saturated heterocycles. The number of sulfonamides is 1. The zero-order chi connectivity index (χ0) is 26.5. The Balaban J connectivity index is 1.39. The second kappa shape index (κ2) is 11.8. The smallest absolute Gasteiger partial charge is 0.294 e. The number of benzene rings is 1. The summed E-state index contributed by atoms with van der Waals surface area (Å²) in [5.74, 6) is -0.173. The van der Waals surface area contributed by atoms with E-state index < -0.39 is 15.9 Å². The largest absolute Gasteiger partial charge is 0.459 e. The highest BCUT2D eigenvalue weighted by molar-refractivity contribution is 7.89. The van der Waals surface area contributed by atoms with Crippen LogP contribution in [0.15, 0.2) is 47.1 Å². The van der Waals surface area contributed by atoms with Crippen molar-refractivity contribution in [1.82, 2.24) is 9.62 Å². The van der Waals surface area contributed by atoms with Crippen LogP contribution in [-0.2, 0) is 14.8 Å². The predicted octanol–water partition coefficient (Wildman–Crippen LogP) is 4.51. The van der Waals surface area contributed by atoms with E-state index in [9.17, 15) is 18.0 Å². The van der Waals surface area contributed by atoms with Gasteiger partial charge in [0.05, 0.1) is 12.5 Å². The second-order valence-electron chi connectivity index (χ2n) is 10.8. The first-order valence-corrected chi connectivity index (χ1v) is 15.2. The Hall–Kier alpha value is -2.65. The molecule has 1 aromatic heterocycles. The Morgan fingerprint density at radius 1 is 1.08 bits per heavy atom. The molecule has 8 nitrogen and oxygen atoms in total. The van der Waals surface area contributed by atoms with Crippen LogP contribution in [-0.4, -0.2) is 57.1 Å². The number of amides is 2. The Morgan fingerprint density at radius 3 is 2.35 bits per heavy atom. The van der Waals surface area contributed by atoms with E-state index in [1.54, 1.807) is 12.1 Å². The average molecular weight is 530 g/mol. The number of rotatable bonds is 9. The molecule has 2 heterocycles. The lowest BCUT2D eigenvalue weighted by Crippen LogP contribution is -2.48. The monoisotopic (exact) mass is 529 g/mol. The number of anilines is 1. The average Bonchev–Trinajstić information content (AvgIpc) is 3.39. The van der Waals surface area contributed by atoms with Gasteiger partial charge in [-0.15, -0.1) is 0 Å². The molecule has 2 fully saturated rings. The van der Waals surface area contributed by atoms with E-state index in [0.29, 0.717) is 5.76 Å². The third-order valence-corrected chi connectivity index (χ3v) is 8.49. The molecule has 2 aliphatic rings. The Bertz CT molecular complexity index is 1150. The standard InChI is InChI=1S/C28H39N3O5S/c1-22-8-10-23(11-9-22)31(27(33)25-7-6-20-36-25)24-12-17-30(18-13-24)19-16-28(14-4-3-5-15-28)21-26(32)29-37(2,34)35/h6-11,20,24H,3-5,12-19,21H2,1-2H3,(H,29,32). The van der Waals surface area contributed by atoms with Crippen molar-refractivity contribution in [1.29, 1.82) is 0 Å². The third kappa shape index (κ3) is 7.45. The zero-order valence-electron chi connectivity index (χ0n) is 21.9. The van der Waals surface area contributed by atoms with Gasteiger partial charge in [-0.1, -0.05) is 37.0 Å². The van der Waals surface area contributed by atoms with Crippen LogP contribution in [0.5, 0.6) is 0 Å². The molecule has 0 bridgehead atoms. The lowest BCUT2D eigenvalue weighted by molar-refractivity contribution is -0.122. The number of carbonyl (C=O) groups is 2. The van der Waals surface area contributed by atoms with Crippen LogP contribution in [0, 0.1) is 12.3 Å². The number of likely N-dealkylation sites (tertiary alicyclic amines) is 1. The summed E-state index contributed by atoms with van der Waals surface area (Å²) in [6.45, 7) is 4.63. The maximum absolute atomic E-state index is 13.4. The zero-order valence-corrected chi connectivity index (χ0v) is 22.8. The van der Waals surface area contributed by atoms with Crippen molar-refractivity contribution in [2.75, 3.05) is 30.8 Å². The van der Waals surface area contributed by atoms with Crippen LogP contribution in [0.1, 0.15) is 73.9 Å². The van der Waals surface area contributed by atoms with Crippen LogP contribution >= 0.6 is 0 Å². The van der Waals surface area contributed by atoms with Crippen molar-refractivity contribution in [2.45, 2.75) is 70.8 Å². The van der Waals surface area contributed by atoms with E-state index in [1.165, 1.54) is 12.7 Å². The predicted molar refractivity (Wildman–Crippen MR) is 144 cm³/mol. The lowest BCUT2D eigenvalue weighted by Gasteiger charge is -2.41. The minimum atomic E-state index is -3.55. The highest BCUT2D eigenvalue weighted by atomic mass is 32.2. The van der Waals surface area contributed by atoms with Crippen molar-refractivity contribution in [2.24, 2.45) is 5.41 Å². The molecule has 0 spiro atoms. The fraction of sp³-hybridized carbons (Fsp3) is 0.571. The molecule has 4 rings (SSSR count). The summed E-state index contributed by atoms with van der Waals surface area (Å²) in [5, 5.41) is 0. The van der Waals surface area contributed by atoms with Gasteiger partial charge >= 0.3 is 0 Å². The summed E-state index contributed by atoms with van der Waals surface area (Å²) < 4.78 is 30.7. The highest BCUT2D eigenvalue weighted by Crippen LogP contribution is 2.42. The van der Waals surface area contributed by atoms with Gasteiger partial charge in [0.15, 0.2) is 5.76 Å². The van der Waals surface area contributed by atoms with Crippen LogP contribution in [0.25, 0.3) is 0 Å². The van der Waals surface area contributed by atoms with Crippen molar-refractivity contribution >= 4 is 27.5 Å². The van der Waals surface area contributed by atoms with Crippen LogP contribution in [0.3, 0.4) is 0 Å². The van der Waals surface area contributed by atoms with Crippen molar-refractivity contribution in [3.8, 4) is 0 Å². The molecule has 2 aromatic rings. The third-order valence-electron chi connectivity index (χ3n) is 7.89. The first-order valence-electron chi connectivity index (χ1n) is 13.3. The Labute approximate surface area is 220 Å². The fourth-order valence-electron chi connectivity index (χ4n) is 5.92. The molecular formula is C28H39N3O5S. The van der Waals surface area contributed by atoms with Crippen molar-refractivity contribution in [3.05, 3.63) is 54.0 Å². The van der Waals surface area contributed by atoms with E-state index in [-0.39, 0.29) is 23.8 Å². The second-order valence-corrected chi connectivity index (χ2v) is 12.6. The van der Waals surface area contributed by atoms with Gasteiger partial charge in [-0.2, -0.15) is 0 Å². The van der Waals surface area contributed by atoms with Crippen LogP contribution < -0.4 is 9.62 Å². The van der Waals surface area contributed by atoms with E-state index in [0.717, 1.165) is 82.1 Å². The minimum absolute atomic E-state index is 0.0701. The SMILES string of the molecule is Cc1ccc(N(C(=O)c2ccco2)C2CCN(CCC3(CC(=O)NS(C)(=O)=O)CCCCC3)CC2)cc1. The van der Waals surface area contributed by atoms with Crippen LogP contribution in [0.2, 0.25) is 0 Å². The maximum Gasteiger partial charge on any atom is 0.294 e.